The predicted octanol–water partition coefficient (Wildman–Crippen LogP) is 3.43. The summed E-state index contributed by atoms with van der Waals surface area (Å²) in [6, 6.07) is 8.30. The summed E-state index contributed by atoms with van der Waals surface area (Å²) in [5, 5.41) is 8.38. The van der Waals surface area contributed by atoms with Gasteiger partial charge in [-0.1, -0.05) is 38.1 Å². The van der Waals surface area contributed by atoms with Crippen LogP contribution in [0.2, 0.25) is 0 Å². The van der Waals surface area contributed by atoms with Gasteiger partial charge >= 0.3 is 5.97 Å². The molecule has 5 heteroatoms. The molecule has 0 atom stereocenters. The Labute approximate surface area is 136 Å². The van der Waals surface area contributed by atoms with Crippen LogP contribution in [0.3, 0.4) is 0 Å². The SMILES string of the molecule is COC1=C(OC)C(C=O)=CC(C)(C)C1.O=C(O)c1ccccc1. The van der Waals surface area contributed by atoms with Crippen LogP contribution in [-0.4, -0.2) is 31.6 Å². The number of rotatable bonds is 4. The summed E-state index contributed by atoms with van der Waals surface area (Å²) in [6.45, 7) is 4.12. The number of carbonyl (C=O) groups excluding carboxylic acids is 1. The van der Waals surface area contributed by atoms with Crippen molar-refractivity contribution in [1.82, 2.24) is 0 Å². The number of carboxylic acids is 1. The minimum Gasteiger partial charge on any atom is -0.497 e. The zero-order valence-electron chi connectivity index (χ0n) is 13.8. The normalized spacial score (nSPS) is 15.7. The summed E-state index contributed by atoms with van der Waals surface area (Å²) in [4.78, 5) is 21.0. The number of carbonyl (C=O) groups is 2. The third kappa shape index (κ3) is 5.29. The minimum atomic E-state index is -0.879. The molecule has 0 unspecified atom stereocenters. The van der Waals surface area contributed by atoms with E-state index >= 15 is 0 Å². The molecular weight excluding hydrogens is 296 g/mol. The zero-order chi connectivity index (χ0) is 17.5. The highest BCUT2D eigenvalue weighted by atomic mass is 16.5. The molecular formula is C18H22O5. The van der Waals surface area contributed by atoms with Gasteiger partial charge in [-0.3, -0.25) is 4.79 Å². The molecule has 1 aliphatic carbocycles. The zero-order valence-corrected chi connectivity index (χ0v) is 13.8. The summed E-state index contributed by atoms with van der Waals surface area (Å²) >= 11 is 0. The average molecular weight is 318 g/mol. The van der Waals surface area contributed by atoms with Crippen LogP contribution in [-0.2, 0) is 14.3 Å². The Kier molecular flexibility index (Phi) is 6.57. The quantitative estimate of drug-likeness (QED) is 0.861. The van der Waals surface area contributed by atoms with E-state index in [-0.39, 0.29) is 5.41 Å². The van der Waals surface area contributed by atoms with Crippen LogP contribution in [0.25, 0.3) is 0 Å². The van der Waals surface area contributed by atoms with E-state index in [2.05, 4.69) is 13.8 Å². The first-order chi connectivity index (χ1) is 10.8. The third-order valence-corrected chi connectivity index (χ3v) is 3.28. The number of hydrogen-bond acceptors (Lipinski definition) is 4. The molecule has 0 saturated heterocycles. The fourth-order valence-electron chi connectivity index (χ4n) is 2.26. The van der Waals surface area contributed by atoms with Crippen LogP contribution in [0.15, 0.2) is 53.5 Å². The van der Waals surface area contributed by atoms with Crippen molar-refractivity contribution >= 4 is 12.3 Å². The van der Waals surface area contributed by atoms with E-state index in [4.69, 9.17) is 14.6 Å². The summed E-state index contributed by atoms with van der Waals surface area (Å²) in [5.41, 5.74) is 0.849. The van der Waals surface area contributed by atoms with Crippen molar-refractivity contribution in [3.63, 3.8) is 0 Å². The van der Waals surface area contributed by atoms with Crippen LogP contribution >= 0.6 is 0 Å². The van der Waals surface area contributed by atoms with Gasteiger partial charge in [0, 0.05) is 6.42 Å². The summed E-state index contributed by atoms with van der Waals surface area (Å²) in [5.74, 6) is 0.416. The van der Waals surface area contributed by atoms with E-state index in [1.165, 1.54) is 0 Å². The number of benzene rings is 1. The van der Waals surface area contributed by atoms with E-state index in [9.17, 15) is 9.59 Å². The predicted molar refractivity (Wildman–Crippen MR) is 87.0 cm³/mol. The molecule has 0 fully saturated rings. The monoisotopic (exact) mass is 318 g/mol. The van der Waals surface area contributed by atoms with E-state index in [1.807, 2.05) is 6.08 Å². The van der Waals surface area contributed by atoms with Gasteiger partial charge in [-0.05, 0) is 17.5 Å². The van der Waals surface area contributed by atoms with Crippen molar-refractivity contribution in [2.75, 3.05) is 14.2 Å². The molecule has 0 saturated carbocycles. The second-order valence-electron chi connectivity index (χ2n) is 5.71. The van der Waals surface area contributed by atoms with Crippen molar-refractivity contribution in [2.24, 2.45) is 5.41 Å². The van der Waals surface area contributed by atoms with Crippen molar-refractivity contribution < 1.29 is 24.2 Å². The number of carboxylic acid groups (broad SMARTS) is 1. The molecule has 1 aromatic carbocycles. The Morgan fingerprint density at radius 2 is 1.78 bits per heavy atom. The molecule has 0 heterocycles. The Balaban J connectivity index is 0.000000253. The molecule has 2 rings (SSSR count). The van der Waals surface area contributed by atoms with E-state index in [0.717, 1.165) is 18.5 Å². The fourth-order valence-corrected chi connectivity index (χ4v) is 2.26. The first-order valence-corrected chi connectivity index (χ1v) is 7.12. The minimum absolute atomic E-state index is 0.0520. The molecule has 23 heavy (non-hydrogen) atoms. The third-order valence-electron chi connectivity index (χ3n) is 3.28. The number of methoxy groups -OCH3 is 2. The van der Waals surface area contributed by atoms with Gasteiger partial charge in [0.05, 0.1) is 25.4 Å². The number of hydrogen-bond donors (Lipinski definition) is 1. The van der Waals surface area contributed by atoms with Crippen LogP contribution in [0.1, 0.15) is 30.6 Å². The second-order valence-corrected chi connectivity index (χ2v) is 5.71. The number of aromatic carboxylic acids is 1. The molecule has 1 aromatic rings. The lowest BCUT2D eigenvalue weighted by molar-refractivity contribution is -0.105. The van der Waals surface area contributed by atoms with Gasteiger partial charge in [0.25, 0.3) is 0 Å². The molecule has 0 aromatic heterocycles. The van der Waals surface area contributed by atoms with E-state index in [0.29, 0.717) is 16.9 Å². The van der Waals surface area contributed by atoms with Crippen molar-refractivity contribution in [3.05, 3.63) is 59.1 Å². The first kappa shape index (κ1) is 18.5. The highest BCUT2D eigenvalue weighted by Gasteiger charge is 2.28. The topological polar surface area (TPSA) is 72.8 Å². The summed E-state index contributed by atoms with van der Waals surface area (Å²) < 4.78 is 10.4. The summed E-state index contributed by atoms with van der Waals surface area (Å²) in [7, 11) is 3.14. The maximum Gasteiger partial charge on any atom is 0.335 e. The molecule has 124 valence electrons. The van der Waals surface area contributed by atoms with E-state index < -0.39 is 5.97 Å². The Morgan fingerprint density at radius 1 is 1.17 bits per heavy atom. The molecule has 0 spiro atoms. The number of allylic oxidation sites excluding steroid dienone is 3. The number of aldehydes is 1. The van der Waals surface area contributed by atoms with Crippen LogP contribution < -0.4 is 0 Å². The number of ether oxygens (including phenoxy) is 2. The molecule has 0 bridgehead atoms. The van der Waals surface area contributed by atoms with Gasteiger partial charge in [-0.15, -0.1) is 0 Å². The van der Waals surface area contributed by atoms with Gasteiger partial charge < -0.3 is 14.6 Å². The van der Waals surface area contributed by atoms with Crippen molar-refractivity contribution in [2.45, 2.75) is 20.3 Å². The molecule has 0 aliphatic heterocycles. The molecule has 1 aliphatic rings. The van der Waals surface area contributed by atoms with Gasteiger partial charge in [-0.25, -0.2) is 4.79 Å². The standard InChI is InChI=1S/C11H16O3.C7H6O2/c1-11(2)5-8(7-12)10(14-4)9(6-11)13-3;8-7(9)6-4-2-1-3-5-6/h5,7H,6H2,1-4H3;1-5H,(H,8,9). The first-order valence-electron chi connectivity index (χ1n) is 7.12. The lowest BCUT2D eigenvalue weighted by atomic mass is 9.82. The van der Waals surface area contributed by atoms with Gasteiger partial charge in [0.1, 0.15) is 5.76 Å². The summed E-state index contributed by atoms with van der Waals surface area (Å²) in [6.07, 6.45) is 3.48. The maximum atomic E-state index is 10.8. The smallest absolute Gasteiger partial charge is 0.335 e. The van der Waals surface area contributed by atoms with E-state index in [1.54, 1.807) is 44.6 Å². The Morgan fingerprint density at radius 3 is 2.17 bits per heavy atom. The lowest BCUT2D eigenvalue weighted by Crippen LogP contribution is -2.19. The Bertz CT molecular complexity index is 612. The van der Waals surface area contributed by atoms with Crippen molar-refractivity contribution in [3.8, 4) is 0 Å². The molecule has 0 amide bonds. The van der Waals surface area contributed by atoms with Gasteiger partial charge in [0.15, 0.2) is 12.0 Å². The Hall–Kier alpha value is -2.56. The fraction of sp³-hybridized carbons (Fsp3) is 0.333. The highest BCUT2D eigenvalue weighted by molar-refractivity contribution is 5.87. The van der Waals surface area contributed by atoms with Crippen molar-refractivity contribution in [1.29, 1.82) is 0 Å². The molecule has 5 nitrogen and oxygen atoms in total. The lowest BCUT2D eigenvalue weighted by Gasteiger charge is -2.28. The molecule has 0 radical (unpaired) electrons. The largest absolute Gasteiger partial charge is 0.497 e. The maximum absolute atomic E-state index is 10.8. The average Bonchev–Trinajstić information content (AvgIpc) is 2.54. The van der Waals surface area contributed by atoms with Crippen LogP contribution in [0.5, 0.6) is 0 Å². The van der Waals surface area contributed by atoms with Gasteiger partial charge in [0.2, 0.25) is 0 Å². The van der Waals surface area contributed by atoms with Gasteiger partial charge in [-0.2, -0.15) is 0 Å². The highest BCUT2D eigenvalue weighted by Crippen LogP contribution is 2.36. The van der Waals surface area contributed by atoms with Crippen LogP contribution in [0.4, 0.5) is 0 Å². The second kappa shape index (κ2) is 8.17. The van der Waals surface area contributed by atoms with Crippen LogP contribution in [0, 0.1) is 5.41 Å². The molecule has 1 N–H and O–H groups in total.